The second-order valence-electron chi connectivity index (χ2n) is 3.85. The van der Waals surface area contributed by atoms with E-state index >= 15 is 0 Å². The van der Waals surface area contributed by atoms with Crippen LogP contribution in [0.2, 0.25) is 0 Å². The standard InChI is InChI=1S/C10H12N6O/c1-6-9(8-7(5-11)13-17-14-8)15(2)10-12-3-4-16(6)10/h3-4H,5,11H2,1-2H3. The quantitative estimate of drug-likeness (QED) is 0.694. The largest absolute Gasteiger partial charge is 0.325 e. The zero-order valence-corrected chi connectivity index (χ0v) is 9.58. The summed E-state index contributed by atoms with van der Waals surface area (Å²) in [4.78, 5) is 4.28. The Morgan fingerprint density at radius 1 is 1.41 bits per heavy atom. The topological polar surface area (TPSA) is 87.2 Å². The number of hydrogen-bond donors (Lipinski definition) is 1. The fraction of sp³-hybridized carbons (Fsp3) is 0.300. The third-order valence-corrected chi connectivity index (χ3v) is 2.93. The van der Waals surface area contributed by atoms with Crippen molar-refractivity contribution >= 4 is 5.78 Å². The summed E-state index contributed by atoms with van der Waals surface area (Å²) in [6.45, 7) is 2.30. The van der Waals surface area contributed by atoms with Crippen molar-refractivity contribution in [3.05, 3.63) is 23.8 Å². The Morgan fingerprint density at radius 3 is 2.94 bits per heavy atom. The summed E-state index contributed by atoms with van der Waals surface area (Å²) in [7, 11) is 1.93. The zero-order valence-electron chi connectivity index (χ0n) is 9.58. The maximum absolute atomic E-state index is 5.61. The molecule has 0 aliphatic rings. The molecule has 0 aliphatic heterocycles. The highest BCUT2D eigenvalue weighted by molar-refractivity contribution is 5.64. The second-order valence-corrected chi connectivity index (χ2v) is 3.85. The first-order valence-corrected chi connectivity index (χ1v) is 5.24. The van der Waals surface area contributed by atoms with Gasteiger partial charge in [0.25, 0.3) is 0 Å². The predicted octanol–water partition coefficient (Wildman–Crippen LogP) is 0.490. The van der Waals surface area contributed by atoms with Gasteiger partial charge in [-0.1, -0.05) is 5.16 Å². The fourth-order valence-corrected chi connectivity index (χ4v) is 2.11. The van der Waals surface area contributed by atoms with Gasteiger partial charge in [-0.2, -0.15) is 0 Å². The van der Waals surface area contributed by atoms with Gasteiger partial charge in [0.1, 0.15) is 5.69 Å². The third-order valence-electron chi connectivity index (χ3n) is 2.93. The highest BCUT2D eigenvalue weighted by Gasteiger charge is 2.20. The lowest BCUT2D eigenvalue weighted by atomic mass is 10.2. The van der Waals surface area contributed by atoms with Crippen LogP contribution in [0.5, 0.6) is 0 Å². The number of nitrogens with two attached hydrogens (primary N) is 1. The maximum Gasteiger partial charge on any atom is 0.214 e. The number of fused-ring (bicyclic) bond motifs is 1. The van der Waals surface area contributed by atoms with Crippen LogP contribution in [0.1, 0.15) is 11.4 Å². The molecule has 0 unspecified atom stereocenters. The molecular weight excluding hydrogens is 220 g/mol. The van der Waals surface area contributed by atoms with Crippen molar-refractivity contribution < 1.29 is 4.63 Å². The van der Waals surface area contributed by atoms with Crippen molar-refractivity contribution in [3.63, 3.8) is 0 Å². The lowest BCUT2D eigenvalue weighted by Gasteiger charge is -2.00. The van der Waals surface area contributed by atoms with E-state index < -0.39 is 0 Å². The molecule has 0 amide bonds. The highest BCUT2D eigenvalue weighted by Crippen LogP contribution is 2.26. The average Bonchev–Trinajstić information content (AvgIpc) is 3.00. The monoisotopic (exact) mass is 232 g/mol. The van der Waals surface area contributed by atoms with E-state index in [1.54, 1.807) is 6.20 Å². The third kappa shape index (κ3) is 1.22. The van der Waals surface area contributed by atoms with Crippen molar-refractivity contribution in [2.45, 2.75) is 13.5 Å². The number of rotatable bonds is 2. The van der Waals surface area contributed by atoms with E-state index in [1.165, 1.54) is 0 Å². The van der Waals surface area contributed by atoms with Crippen LogP contribution in [0.3, 0.4) is 0 Å². The molecule has 3 rings (SSSR count). The molecule has 7 nitrogen and oxygen atoms in total. The van der Waals surface area contributed by atoms with Crippen LogP contribution in [0.4, 0.5) is 0 Å². The van der Waals surface area contributed by atoms with Crippen molar-refractivity contribution in [2.24, 2.45) is 12.8 Å². The molecule has 3 aromatic rings. The van der Waals surface area contributed by atoms with Gasteiger partial charge in [0.05, 0.1) is 5.69 Å². The molecule has 17 heavy (non-hydrogen) atoms. The van der Waals surface area contributed by atoms with Crippen molar-refractivity contribution in [2.75, 3.05) is 0 Å². The van der Waals surface area contributed by atoms with Gasteiger partial charge in [-0.25, -0.2) is 9.61 Å². The number of hydrogen-bond acceptors (Lipinski definition) is 5. The second kappa shape index (κ2) is 3.42. The van der Waals surface area contributed by atoms with Gasteiger partial charge in [0.15, 0.2) is 5.69 Å². The Morgan fingerprint density at radius 2 is 2.24 bits per heavy atom. The van der Waals surface area contributed by atoms with E-state index in [1.807, 2.05) is 29.1 Å². The van der Waals surface area contributed by atoms with Crippen LogP contribution in [-0.2, 0) is 13.6 Å². The van der Waals surface area contributed by atoms with E-state index in [4.69, 9.17) is 10.4 Å². The number of nitrogens with zero attached hydrogens (tertiary/aromatic N) is 5. The van der Waals surface area contributed by atoms with E-state index in [0.29, 0.717) is 17.9 Å². The van der Waals surface area contributed by atoms with Crippen LogP contribution in [-0.4, -0.2) is 24.3 Å². The zero-order chi connectivity index (χ0) is 12.0. The van der Waals surface area contributed by atoms with Gasteiger partial charge in [0, 0.05) is 31.7 Å². The van der Waals surface area contributed by atoms with E-state index in [2.05, 4.69) is 15.3 Å². The molecule has 2 N–H and O–H groups in total. The van der Waals surface area contributed by atoms with E-state index in [9.17, 15) is 0 Å². The smallest absolute Gasteiger partial charge is 0.214 e. The summed E-state index contributed by atoms with van der Waals surface area (Å²) in [5.74, 6) is 0.850. The van der Waals surface area contributed by atoms with Crippen LogP contribution in [0.25, 0.3) is 17.2 Å². The minimum absolute atomic E-state index is 0.297. The Bertz CT molecular complexity index is 642. The van der Waals surface area contributed by atoms with Crippen LogP contribution < -0.4 is 5.73 Å². The molecule has 0 spiro atoms. The van der Waals surface area contributed by atoms with Gasteiger partial charge >= 0.3 is 0 Å². The van der Waals surface area contributed by atoms with Gasteiger partial charge in [-0.15, -0.1) is 0 Å². The summed E-state index contributed by atoms with van der Waals surface area (Å²) < 4.78 is 8.69. The maximum atomic E-state index is 5.61. The SMILES string of the molecule is Cc1c(-c2nonc2CN)n(C)c2nccn12. The summed E-state index contributed by atoms with van der Waals surface area (Å²) >= 11 is 0. The molecule has 0 radical (unpaired) electrons. The molecule has 0 bridgehead atoms. The number of imidazole rings is 2. The molecule has 3 aromatic heterocycles. The molecule has 88 valence electrons. The number of aryl methyl sites for hydroxylation is 2. The molecule has 0 aliphatic carbocycles. The van der Waals surface area contributed by atoms with Gasteiger partial charge < -0.3 is 10.3 Å². The van der Waals surface area contributed by atoms with Crippen molar-refractivity contribution in [1.82, 2.24) is 24.3 Å². The first kappa shape index (κ1) is 10.0. The lowest BCUT2D eigenvalue weighted by molar-refractivity contribution is 0.304. The fourth-order valence-electron chi connectivity index (χ4n) is 2.11. The Hall–Kier alpha value is -2.15. The summed E-state index contributed by atoms with van der Waals surface area (Å²) in [6.07, 6.45) is 3.67. The molecule has 0 aromatic carbocycles. The summed E-state index contributed by atoms with van der Waals surface area (Å²) in [5.41, 5.74) is 8.90. The molecule has 0 atom stereocenters. The first-order valence-electron chi connectivity index (χ1n) is 5.24. The molecule has 7 heteroatoms. The predicted molar refractivity (Wildman–Crippen MR) is 60.1 cm³/mol. The first-order chi connectivity index (χ1) is 8.24. The van der Waals surface area contributed by atoms with Gasteiger partial charge in [0.2, 0.25) is 5.78 Å². The van der Waals surface area contributed by atoms with Gasteiger partial charge in [-0.3, -0.25) is 4.40 Å². The van der Waals surface area contributed by atoms with E-state index in [-0.39, 0.29) is 0 Å². The van der Waals surface area contributed by atoms with Crippen LogP contribution in [0.15, 0.2) is 17.0 Å². The molecule has 0 saturated heterocycles. The van der Waals surface area contributed by atoms with Crippen LogP contribution >= 0.6 is 0 Å². The average molecular weight is 232 g/mol. The highest BCUT2D eigenvalue weighted by atomic mass is 16.6. The Balaban J connectivity index is 2.34. The minimum Gasteiger partial charge on any atom is -0.325 e. The van der Waals surface area contributed by atoms with Crippen molar-refractivity contribution in [3.8, 4) is 11.4 Å². The van der Waals surface area contributed by atoms with Crippen LogP contribution in [0, 0.1) is 6.92 Å². The molecule has 0 fully saturated rings. The lowest BCUT2D eigenvalue weighted by Crippen LogP contribution is -2.01. The van der Waals surface area contributed by atoms with Gasteiger partial charge in [-0.05, 0) is 12.1 Å². The Labute approximate surface area is 96.8 Å². The summed E-state index contributed by atoms with van der Waals surface area (Å²) in [5, 5.41) is 7.72. The molecular formula is C10H12N6O. The minimum atomic E-state index is 0.297. The Kier molecular flexibility index (Phi) is 2.02. The summed E-state index contributed by atoms with van der Waals surface area (Å²) in [6, 6.07) is 0. The number of aromatic nitrogens is 5. The molecule has 3 heterocycles. The van der Waals surface area contributed by atoms with E-state index in [0.717, 1.165) is 17.2 Å². The van der Waals surface area contributed by atoms with Crippen molar-refractivity contribution in [1.29, 1.82) is 0 Å². The normalized spacial score (nSPS) is 11.5. The molecule has 0 saturated carbocycles.